The van der Waals surface area contributed by atoms with Gasteiger partial charge in [-0.25, -0.2) is 0 Å². The zero-order valence-electron chi connectivity index (χ0n) is 14.9. The van der Waals surface area contributed by atoms with Crippen molar-refractivity contribution in [3.05, 3.63) is 29.8 Å². The number of hydrogen-bond donors (Lipinski definition) is 2. The molecule has 1 heterocycles. The number of ether oxygens (including phenoxy) is 1. The van der Waals surface area contributed by atoms with Crippen LogP contribution in [0.3, 0.4) is 0 Å². The van der Waals surface area contributed by atoms with Crippen molar-refractivity contribution in [3.8, 4) is 5.75 Å². The molecule has 2 amide bonds. The number of aliphatic hydroxyl groups excluding tert-OH is 1. The minimum absolute atomic E-state index is 0.0820. The van der Waals surface area contributed by atoms with Crippen LogP contribution in [-0.2, 0) is 16.1 Å². The maximum absolute atomic E-state index is 12.5. The van der Waals surface area contributed by atoms with Crippen LogP contribution in [0.4, 0.5) is 0 Å². The summed E-state index contributed by atoms with van der Waals surface area (Å²) in [4.78, 5) is 28.4. The van der Waals surface area contributed by atoms with Crippen LogP contribution >= 0.6 is 0 Å². The summed E-state index contributed by atoms with van der Waals surface area (Å²) in [7, 11) is 1.62. The third-order valence-corrected chi connectivity index (χ3v) is 4.48. The SMILES string of the molecule is CCN(CCO)C(=O)CC1C(=O)NCCN1Cc1ccccc1OC. The fourth-order valence-corrected chi connectivity index (χ4v) is 3.10. The molecule has 0 saturated carbocycles. The number of carbonyl (C=O) groups is 2. The molecule has 0 aliphatic carbocycles. The van der Waals surface area contributed by atoms with Crippen LogP contribution in [0.5, 0.6) is 5.75 Å². The molecule has 25 heavy (non-hydrogen) atoms. The Labute approximate surface area is 148 Å². The summed E-state index contributed by atoms with van der Waals surface area (Å²) in [6.07, 6.45) is 0.106. The number of piperazine rings is 1. The highest BCUT2D eigenvalue weighted by Gasteiger charge is 2.33. The van der Waals surface area contributed by atoms with Gasteiger partial charge in [0.25, 0.3) is 0 Å². The van der Waals surface area contributed by atoms with Crippen LogP contribution in [0.15, 0.2) is 24.3 Å². The lowest BCUT2D eigenvalue weighted by Crippen LogP contribution is -2.56. The first-order valence-corrected chi connectivity index (χ1v) is 8.63. The van der Waals surface area contributed by atoms with Gasteiger partial charge in [-0.1, -0.05) is 18.2 Å². The van der Waals surface area contributed by atoms with Crippen LogP contribution in [0.2, 0.25) is 0 Å². The topological polar surface area (TPSA) is 82.1 Å². The van der Waals surface area contributed by atoms with E-state index in [2.05, 4.69) is 5.32 Å². The van der Waals surface area contributed by atoms with E-state index >= 15 is 0 Å². The van der Waals surface area contributed by atoms with Crippen LogP contribution in [0, 0.1) is 0 Å². The van der Waals surface area contributed by atoms with Crippen molar-refractivity contribution in [2.75, 3.05) is 39.9 Å². The highest BCUT2D eigenvalue weighted by molar-refractivity contribution is 5.88. The average molecular weight is 349 g/mol. The molecule has 0 bridgehead atoms. The summed E-state index contributed by atoms with van der Waals surface area (Å²) in [5.74, 6) is 0.521. The molecule has 0 spiro atoms. The van der Waals surface area contributed by atoms with Crippen molar-refractivity contribution in [2.24, 2.45) is 0 Å². The minimum atomic E-state index is -0.515. The van der Waals surface area contributed by atoms with Crippen molar-refractivity contribution >= 4 is 11.8 Å². The first-order chi connectivity index (χ1) is 12.1. The van der Waals surface area contributed by atoms with E-state index < -0.39 is 6.04 Å². The lowest BCUT2D eigenvalue weighted by molar-refractivity contribution is -0.139. The molecule has 1 aliphatic heterocycles. The molecule has 1 aromatic rings. The summed E-state index contributed by atoms with van der Waals surface area (Å²) in [5.41, 5.74) is 0.986. The van der Waals surface area contributed by atoms with E-state index in [-0.39, 0.29) is 31.4 Å². The van der Waals surface area contributed by atoms with Gasteiger partial charge in [0.2, 0.25) is 11.8 Å². The quantitative estimate of drug-likeness (QED) is 0.702. The highest BCUT2D eigenvalue weighted by Crippen LogP contribution is 2.22. The van der Waals surface area contributed by atoms with E-state index in [9.17, 15) is 9.59 Å². The maximum Gasteiger partial charge on any atom is 0.237 e. The monoisotopic (exact) mass is 349 g/mol. The molecule has 2 N–H and O–H groups in total. The average Bonchev–Trinajstić information content (AvgIpc) is 2.62. The van der Waals surface area contributed by atoms with Gasteiger partial charge >= 0.3 is 0 Å². The van der Waals surface area contributed by atoms with Crippen molar-refractivity contribution in [2.45, 2.75) is 25.9 Å². The number of nitrogens with one attached hydrogen (secondary N) is 1. The number of para-hydroxylation sites is 1. The first kappa shape index (κ1) is 19.2. The van der Waals surface area contributed by atoms with Gasteiger partial charge in [-0.05, 0) is 13.0 Å². The molecule has 138 valence electrons. The molecule has 0 aromatic heterocycles. The van der Waals surface area contributed by atoms with Gasteiger partial charge in [0.1, 0.15) is 5.75 Å². The molecule has 7 nitrogen and oxygen atoms in total. The largest absolute Gasteiger partial charge is 0.496 e. The Bertz CT molecular complexity index is 593. The maximum atomic E-state index is 12.5. The zero-order chi connectivity index (χ0) is 18.2. The molecule has 1 aliphatic rings. The highest BCUT2D eigenvalue weighted by atomic mass is 16.5. The summed E-state index contributed by atoms with van der Waals surface area (Å²) < 4.78 is 5.39. The minimum Gasteiger partial charge on any atom is -0.496 e. The fraction of sp³-hybridized carbons (Fsp3) is 0.556. The summed E-state index contributed by atoms with van der Waals surface area (Å²) in [6, 6.07) is 7.18. The Morgan fingerprint density at radius 3 is 2.88 bits per heavy atom. The number of carbonyl (C=O) groups excluding carboxylic acids is 2. The number of aliphatic hydroxyl groups is 1. The predicted molar refractivity (Wildman–Crippen MR) is 94.2 cm³/mol. The molecular weight excluding hydrogens is 322 g/mol. The second-order valence-electron chi connectivity index (χ2n) is 5.99. The third-order valence-electron chi connectivity index (χ3n) is 4.48. The summed E-state index contributed by atoms with van der Waals surface area (Å²) in [6.45, 7) is 4.36. The number of hydrogen-bond acceptors (Lipinski definition) is 5. The number of amides is 2. The van der Waals surface area contributed by atoms with Crippen LogP contribution < -0.4 is 10.1 Å². The van der Waals surface area contributed by atoms with E-state index in [1.165, 1.54) is 0 Å². The van der Waals surface area contributed by atoms with Gasteiger partial charge in [-0.3, -0.25) is 14.5 Å². The van der Waals surface area contributed by atoms with Crippen molar-refractivity contribution < 1.29 is 19.4 Å². The number of nitrogens with zero attached hydrogens (tertiary/aromatic N) is 2. The van der Waals surface area contributed by atoms with Gasteiger partial charge in [-0.15, -0.1) is 0 Å². The van der Waals surface area contributed by atoms with Gasteiger partial charge in [0.05, 0.1) is 26.2 Å². The fourth-order valence-electron chi connectivity index (χ4n) is 3.10. The molecule has 2 rings (SSSR count). The van der Waals surface area contributed by atoms with E-state index in [0.717, 1.165) is 11.3 Å². The molecule has 1 unspecified atom stereocenters. The summed E-state index contributed by atoms with van der Waals surface area (Å²) >= 11 is 0. The van der Waals surface area contributed by atoms with Gasteiger partial charge < -0.3 is 20.1 Å². The number of rotatable bonds is 8. The van der Waals surface area contributed by atoms with Gasteiger partial charge in [-0.2, -0.15) is 0 Å². The molecule has 1 fully saturated rings. The van der Waals surface area contributed by atoms with Crippen LogP contribution in [0.25, 0.3) is 0 Å². The Balaban J connectivity index is 2.12. The Kier molecular flexibility index (Phi) is 7.21. The normalized spacial score (nSPS) is 17.9. The van der Waals surface area contributed by atoms with E-state index in [4.69, 9.17) is 9.84 Å². The molecule has 7 heteroatoms. The van der Waals surface area contributed by atoms with Gasteiger partial charge in [0.15, 0.2) is 0 Å². The molecule has 1 atom stereocenters. The predicted octanol–water partition coefficient (Wildman–Crippen LogP) is 0.227. The van der Waals surface area contributed by atoms with Crippen molar-refractivity contribution in [1.29, 1.82) is 0 Å². The van der Waals surface area contributed by atoms with Crippen molar-refractivity contribution in [1.82, 2.24) is 15.1 Å². The molecule has 1 saturated heterocycles. The first-order valence-electron chi connectivity index (χ1n) is 8.63. The van der Waals surface area contributed by atoms with E-state index in [0.29, 0.717) is 26.2 Å². The Hall–Kier alpha value is -2.12. The van der Waals surface area contributed by atoms with E-state index in [1.54, 1.807) is 12.0 Å². The van der Waals surface area contributed by atoms with E-state index in [1.807, 2.05) is 36.1 Å². The Morgan fingerprint density at radius 1 is 1.44 bits per heavy atom. The van der Waals surface area contributed by atoms with Crippen molar-refractivity contribution in [3.63, 3.8) is 0 Å². The molecular formula is C18H27N3O4. The smallest absolute Gasteiger partial charge is 0.237 e. The third kappa shape index (κ3) is 4.93. The number of benzene rings is 1. The lowest BCUT2D eigenvalue weighted by Gasteiger charge is -2.36. The zero-order valence-corrected chi connectivity index (χ0v) is 14.9. The second-order valence-corrected chi connectivity index (χ2v) is 5.99. The molecule has 0 radical (unpaired) electrons. The number of likely N-dealkylation sites (N-methyl/N-ethyl adjacent to an activating group) is 1. The van der Waals surface area contributed by atoms with Gasteiger partial charge in [0, 0.05) is 38.3 Å². The lowest BCUT2D eigenvalue weighted by atomic mass is 10.1. The number of methoxy groups -OCH3 is 1. The molecule has 1 aromatic carbocycles. The Morgan fingerprint density at radius 2 is 2.20 bits per heavy atom. The standard InChI is InChI=1S/C18H27N3O4/c1-3-20(10-11-22)17(23)12-15-18(24)19-8-9-21(15)13-14-6-4-5-7-16(14)25-2/h4-7,15,22H,3,8-13H2,1-2H3,(H,19,24). The van der Waals surface area contributed by atoms with Crippen LogP contribution in [-0.4, -0.2) is 72.7 Å². The second kappa shape index (κ2) is 9.39. The summed E-state index contributed by atoms with van der Waals surface area (Å²) in [5, 5.41) is 11.9. The van der Waals surface area contributed by atoms with Crippen LogP contribution in [0.1, 0.15) is 18.9 Å².